The van der Waals surface area contributed by atoms with Crippen molar-refractivity contribution in [3.63, 3.8) is 0 Å². The highest BCUT2D eigenvalue weighted by Crippen LogP contribution is 2.26. The molecule has 0 spiro atoms. The quantitative estimate of drug-likeness (QED) is 0.777. The van der Waals surface area contributed by atoms with Gasteiger partial charge in [-0.3, -0.25) is 9.59 Å². The molecule has 2 N–H and O–H groups in total. The third-order valence-electron chi connectivity index (χ3n) is 4.82. The van der Waals surface area contributed by atoms with Crippen molar-refractivity contribution >= 4 is 23.5 Å². The van der Waals surface area contributed by atoms with Gasteiger partial charge in [0.2, 0.25) is 5.91 Å². The summed E-state index contributed by atoms with van der Waals surface area (Å²) in [6, 6.07) is 6.89. The van der Waals surface area contributed by atoms with Crippen LogP contribution in [-0.2, 0) is 16.0 Å². The van der Waals surface area contributed by atoms with Gasteiger partial charge in [0.1, 0.15) is 11.6 Å². The second kappa shape index (κ2) is 6.38. The highest BCUT2D eigenvalue weighted by Gasteiger charge is 2.47. The van der Waals surface area contributed by atoms with Crippen LogP contribution in [0.15, 0.2) is 24.3 Å². The summed E-state index contributed by atoms with van der Waals surface area (Å²) >= 11 is 0. The summed E-state index contributed by atoms with van der Waals surface area (Å²) in [5.41, 5.74) is 1.56. The Hall–Kier alpha value is -2.57. The first-order chi connectivity index (χ1) is 11.8. The highest BCUT2D eigenvalue weighted by atomic mass is 16.2. The number of anilines is 1. The van der Waals surface area contributed by atoms with Crippen LogP contribution in [0.5, 0.6) is 0 Å². The Morgan fingerprint density at radius 2 is 2.04 bits per heavy atom. The summed E-state index contributed by atoms with van der Waals surface area (Å²) in [6.07, 6.45) is 1.01. The highest BCUT2D eigenvalue weighted by molar-refractivity contribution is 6.09. The SMILES string of the molecule is C[C@@H](C(=O)NCCN1CCc2ccccc21)N1C(=O)NC(C)(C)C1=O. The van der Waals surface area contributed by atoms with Crippen molar-refractivity contribution < 1.29 is 14.4 Å². The molecule has 0 bridgehead atoms. The van der Waals surface area contributed by atoms with Crippen molar-refractivity contribution in [3.05, 3.63) is 29.8 Å². The molecule has 1 saturated heterocycles. The minimum absolute atomic E-state index is 0.325. The van der Waals surface area contributed by atoms with Crippen LogP contribution in [0.2, 0.25) is 0 Å². The van der Waals surface area contributed by atoms with Crippen LogP contribution in [0.3, 0.4) is 0 Å². The average Bonchev–Trinajstić information content (AvgIpc) is 3.05. The summed E-state index contributed by atoms with van der Waals surface area (Å²) in [4.78, 5) is 39.8. The molecule has 0 saturated carbocycles. The summed E-state index contributed by atoms with van der Waals surface area (Å²) in [5, 5.41) is 5.42. The number of rotatable bonds is 5. The largest absolute Gasteiger partial charge is 0.369 e. The fourth-order valence-corrected chi connectivity index (χ4v) is 3.34. The molecule has 25 heavy (non-hydrogen) atoms. The maximum Gasteiger partial charge on any atom is 0.325 e. The van der Waals surface area contributed by atoms with E-state index in [1.165, 1.54) is 11.3 Å². The lowest BCUT2D eigenvalue weighted by Gasteiger charge is -2.23. The Bertz CT molecular complexity index is 716. The monoisotopic (exact) mass is 344 g/mol. The molecular formula is C18H24N4O3. The first-order valence-corrected chi connectivity index (χ1v) is 8.57. The Kier molecular flexibility index (Phi) is 4.41. The molecule has 0 aliphatic carbocycles. The minimum atomic E-state index is -0.967. The fraction of sp³-hybridized carbons (Fsp3) is 0.500. The van der Waals surface area contributed by atoms with Crippen molar-refractivity contribution in [3.8, 4) is 0 Å². The van der Waals surface area contributed by atoms with E-state index in [1.54, 1.807) is 20.8 Å². The molecule has 4 amide bonds. The van der Waals surface area contributed by atoms with Crippen LogP contribution in [0.25, 0.3) is 0 Å². The number of nitrogens with zero attached hydrogens (tertiary/aromatic N) is 2. The lowest BCUT2D eigenvalue weighted by molar-refractivity contribution is -0.137. The van der Waals surface area contributed by atoms with E-state index in [0.717, 1.165) is 17.9 Å². The molecule has 2 aliphatic rings. The van der Waals surface area contributed by atoms with Gasteiger partial charge in [-0.1, -0.05) is 18.2 Å². The van der Waals surface area contributed by atoms with Crippen LogP contribution < -0.4 is 15.5 Å². The van der Waals surface area contributed by atoms with E-state index in [2.05, 4.69) is 27.7 Å². The van der Waals surface area contributed by atoms with Crippen LogP contribution in [0.1, 0.15) is 26.3 Å². The zero-order chi connectivity index (χ0) is 18.2. The summed E-state index contributed by atoms with van der Waals surface area (Å²) in [5.74, 6) is -0.706. The molecule has 2 heterocycles. The van der Waals surface area contributed by atoms with Crippen molar-refractivity contribution in [2.75, 3.05) is 24.5 Å². The van der Waals surface area contributed by atoms with Gasteiger partial charge >= 0.3 is 6.03 Å². The number of fused-ring (bicyclic) bond motifs is 1. The number of amides is 4. The Morgan fingerprint density at radius 3 is 2.72 bits per heavy atom. The molecular weight excluding hydrogens is 320 g/mol. The lowest BCUT2D eigenvalue weighted by atomic mass is 10.1. The zero-order valence-electron chi connectivity index (χ0n) is 14.8. The second-order valence-electron chi connectivity index (χ2n) is 7.06. The first kappa shape index (κ1) is 17.3. The number of nitrogens with one attached hydrogen (secondary N) is 2. The van der Waals surface area contributed by atoms with E-state index in [0.29, 0.717) is 13.1 Å². The van der Waals surface area contributed by atoms with Gasteiger partial charge in [-0.05, 0) is 38.8 Å². The summed E-state index contributed by atoms with van der Waals surface area (Å²) in [7, 11) is 0. The number of para-hydroxylation sites is 1. The van der Waals surface area contributed by atoms with E-state index >= 15 is 0 Å². The van der Waals surface area contributed by atoms with Gasteiger partial charge in [0.05, 0.1) is 0 Å². The molecule has 0 radical (unpaired) electrons. The molecule has 7 heteroatoms. The number of hydrogen-bond acceptors (Lipinski definition) is 4. The van der Waals surface area contributed by atoms with Gasteiger partial charge in [0.15, 0.2) is 0 Å². The number of urea groups is 1. The Labute approximate surface area is 147 Å². The van der Waals surface area contributed by atoms with E-state index in [9.17, 15) is 14.4 Å². The Morgan fingerprint density at radius 1 is 1.32 bits per heavy atom. The molecule has 0 aromatic heterocycles. The molecule has 1 aromatic carbocycles. The number of hydrogen-bond donors (Lipinski definition) is 2. The van der Waals surface area contributed by atoms with Gasteiger partial charge in [0, 0.05) is 25.3 Å². The molecule has 1 aromatic rings. The number of benzene rings is 1. The molecule has 134 valence electrons. The fourth-order valence-electron chi connectivity index (χ4n) is 3.34. The molecule has 1 atom stereocenters. The van der Waals surface area contributed by atoms with E-state index in [-0.39, 0.29) is 11.8 Å². The molecule has 3 rings (SSSR count). The average molecular weight is 344 g/mol. The Balaban J connectivity index is 1.53. The molecule has 0 unspecified atom stereocenters. The number of imide groups is 1. The third-order valence-corrected chi connectivity index (χ3v) is 4.82. The smallest absolute Gasteiger partial charge is 0.325 e. The van der Waals surface area contributed by atoms with Gasteiger partial charge < -0.3 is 15.5 Å². The van der Waals surface area contributed by atoms with E-state index in [4.69, 9.17) is 0 Å². The maximum absolute atomic E-state index is 12.3. The number of carbonyl (C=O) groups excluding carboxylic acids is 3. The zero-order valence-corrected chi connectivity index (χ0v) is 14.8. The standard InChI is InChI=1S/C18H24N4O3/c1-12(22-16(24)18(2,3)20-17(22)25)15(23)19-9-11-21-10-8-13-6-4-5-7-14(13)21/h4-7,12H,8-11H2,1-3H3,(H,19,23)(H,20,25)/t12-/m0/s1. The number of carbonyl (C=O) groups is 3. The van der Waals surface area contributed by atoms with Gasteiger partial charge in [0.25, 0.3) is 5.91 Å². The van der Waals surface area contributed by atoms with Gasteiger partial charge in [-0.15, -0.1) is 0 Å². The molecule has 7 nitrogen and oxygen atoms in total. The predicted molar refractivity (Wildman–Crippen MR) is 94.3 cm³/mol. The molecule has 1 fully saturated rings. The molecule has 2 aliphatic heterocycles. The van der Waals surface area contributed by atoms with Crippen molar-refractivity contribution in [2.45, 2.75) is 38.8 Å². The van der Waals surface area contributed by atoms with Gasteiger partial charge in [-0.2, -0.15) is 0 Å². The second-order valence-corrected chi connectivity index (χ2v) is 7.06. The van der Waals surface area contributed by atoms with Gasteiger partial charge in [-0.25, -0.2) is 9.69 Å². The predicted octanol–water partition coefficient (Wildman–Crippen LogP) is 0.884. The van der Waals surface area contributed by atoms with Crippen LogP contribution in [-0.4, -0.2) is 54.0 Å². The summed E-state index contributed by atoms with van der Waals surface area (Å²) < 4.78 is 0. The van der Waals surface area contributed by atoms with E-state index in [1.807, 2.05) is 12.1 Å². The minimum Gasteiger partial charge on any atom is -0.369 e. The van der Waals surface area contributed by atoms with E-state index < -0.39 is 17.6 Å². The van der Waals surface area contributed by atoms with Crippen molar-refractivity contribution in [1.29, 1.82) is 0 Å². The third kappa shape index (κ3) is 3.18. The van der Waals surface area contributed by atoms with Crippen LogP contribution >= 0.6 is 0 Å². The van der Waals surface area contributed by atoms with Crippen LogP contribution in [0, 0.1) is 0 Å². The van der Waals surface area contributed by atoms with Crippen molar-refractivity contribution in [1.82, 2.24) is 15.5 Å². The van der Waals surface area contributed by atoms with Crippen molar-refractivity contribution in [2.24, 2.45) is 0 Å². The normalized spacial score (nSPS) is 19.6. The van der Waals surface area contributed by atoms with Crippen LogP contribution in [0.4, 0.5) is 10.5 Å². The maximum atomic E-state index is 12.3. The first-order valence-electron chi connectivity index (χ1n) is 8.57. The lowest BCUT2D eigenvalue weighted by Crippen LogP contribution is -2.50. The topological polar surface area (TPSA) is 81.8 Å². The summed E-state index contributed by atoms with van der Waals surface area (Å²) in [6.45, 7) is 6.92.